The van der Waals surface area contributed by atoms with Crippen molar-refractivity contribution in [3.63, 3.8) is 0 Å². The number of allylic oxidation sites excluding steroid dienone is 4. The predicted octanol–water partition coefficient (Wildman–Crippen LogP) is 0.531. The van der Waals surface area contributed by atoms with Crippen molar-refractivity contribution in [2.45, 2.75) is 57.7 Å². The first-order valence-electron chi connectivity index (χ1n) is 12.3. The van der Waals surface area contributed by atoms with Crippen LogP contribution in [0.4, 0.5) is 0 Å². The van der Waals surface area contributed by atoms with Crippen LogP contribution in [0.5, 0.6) is 0 Å². The topological polar surface area (TPSA) is 192 Å². The lowest BCUT2D eigenvalue weighted by Gasteiger charge is -2.25. The average molecular weight is 526 g/mol. The van der Waals surface area contributed by atoms with E-state index in [1.54, 1.807) is 18.2 Å². The van der Waals surface area contributed by atoms with Crippen LogP contribution in [-0.2, 0) is 25.6 Å². The molecule has 0 fully saturated rings. The van der Waals surface area contributed by atoms with Crippen molar-refractivity contribution in [1.82, 2.24) is 21.3 Å². The summed E-state index contributed by atoms with van der Waals surface area (Å²) in [7, 11) is 0. The largest absolute Gasteiger partial charge is 0.370 e. The highest BCUT2D eigenvalue weighted by Gasteiger charge is 2.28. The number of nitrogens with two attached hydrogens (primary N) is 2. The van der Waals surface area contributed by atoms with E-state index in [-0.39, 0.29) is 25.2 Å². The van der Waals surface area contributed by atoms with Crippen LogP contribution in [0.2, 0.25) is 0 Å². The first-order valence-corrected chi connectivity index (χ1v) is 12.3. The van der Waals surface area contributed by atoms with Gasteiger partial charge in [0.25, 0.3) is 0 Å². The van der Waals surface area contributed by atoms with E-state index in [9.17, 15) is 19.2 Å². The van der Waals surface area contributed by atoms with Crippen molar-refractivity contribution in [3.8, 4) is 0 Å². The summed E-state index contributed by atoms with van der Waals surface area (Å²) < 4.78 is 0. The quantitative estimate of drug-likeness (QED) is 0.0712. The number of hydrogen-bond donors (Lipinski definition) is 7. The molecule has 0 saturated carbocycles. The zero-order valence-corrected chi connectivity index (χ0v) is 22.0. The van der Waals surface area contributed by atoms with Crippen molar-refractivity contribution in [1.29, 1.82) is 5.41 Å². The molecule has 1 rings (SSSR count). The van der Waals surface area contributed by atoms with Gasteiger partial charge >= 0.3 is 0 Å². The maximum absolute atomic E-state index is 13.2. The average Bonchev–Trinajstić information content (AvgIpc) is 2.85. The number of carbonyl (C=O) groups excluding carboxylic acids is 4. The Bertz CT molecular complexity index is 1040. The van der Waals surface area contributed by atoms with Crippen LogP contribution >= 0.6 is 0 Å². The van der Waals surface area contributed by atoms with Gasteiger partial charge in [-0.25, -0.2) is 0 Å². The maximum Gasteiger partial charge on any atom is 0.243 e. The molecule has 1 aromatic rings. The molecule has 3 atom stereocenters. The van der Waals surface area contributed by atoms with E-state index in [0.717, 1.165) is 5.56 Å². The molecule has 0 aliphatic carbocycles. The fourth-order valence-electron chi connectivity index (χ4n) is 3.50. The molecule has 0 aliphatic heterocycles. The smallest absolute Gasteiger partial charge is 0.243 e. The number of carbonyl (C=O) groups is 4. The number of benzene rings is 1. The van der Waals surface area contributed by atoms with Gasteiger partial charge < -0.3 is 32.7 Å². The Hall–Kier alpha value is -4.41. The number of rotatable bonds is 16. The van der Waals surface area contributed by atoms with Gasteiger partial charge in [0.2, 0.25) is 23.6 Å². The molecule has 4 amide bonds. The lowest BCUT2D eigenvalue weighted by molar-refractivity contribution is -0.133. The normalized spacial score (nSPS) is 13.3. The van der Waals surface area contributed by atoms with E-state index in [4.69, 9.17) is 16.9 Å². The van der Waals surface area contributed by atoms with Gasteiger partial charge in [-0.1, -0.05) is 66.8 Å². The molecule has 0 saturated heterocycles. The zero-order valence-electron chi connectivity index (χ0n) is 22.0. The number of amides is 4. The first-order chi connectivity index (χ1) is 18.0. The van der Waals surface area contributed by atoms with Crippen molar-refractivity contribution in [2.75, 3.05) is 6.54 Å². The third kappa shape index (κ3) is 13.1. The Balaban J connectivity index is 3.04. The third-order valence-corrected chi connectivity index (χ3v) is 5.36. The van der Waals surface area contributed by atoms with Crippen molar-refractivity contribution < 1.29 is 19.2 Å². The number of hydrogen-bond acceptors (Lipinski definition) is 5. The second-order valence-corrected chi connectivity index (χ2v) is 8.70. The van der Waals surface area contributed by atoms with E-state index >= 15 is 0 Å². The maximum atomic E-state index is 13.2. The van der Waals surface area contributed by atoms with Crippen LogP contribution < -0.4 is 32.7 Å². The van der Waals surface area contributed by atoms with Gasteiger partial charge in [-0.2, -0.15) is 0 Å². The molecule has 0 heterocycles. The molecule has 0 spiro atoms. The van der Waals surface area contributed by atoms with Gasteiger partial charge in [0.1, 0.15) is 18.1 Å². The minimum atomic E-state index is -1.05. The van der Waals surface area contributed by atoms with Crippen LogP contribution in [0, 0.1) is 5.41 Å². The van der Waals surface area contributed by atoms with Crippen molar-refractivity contribution in [2.24, 2.45) is 11.5 Å². The van der Waals surface area contributed by atoms with Gasteiger partial charge in [-0.05, 0) is 25.3 Å². The van der Waals surface area contributed by atoms with E-state index in [2.05, 4.69) is 27.8 Å². The minimum Gasteiger partial charge on any atom is -0.370 e. The van der Waals surface area contributed by atoms with Gasteiger partial charge in [-0.3, -0.25) is 24.6 Å². The second-order valence-electron chi connectivity index (χ2n) is 8.70. The summed E-state index contributed by atoms with van der Waals surface area (Å²) in [5, 5.41) is 17.9. The summed E-state index contributed by atoms with van der Waals surface area (Å²) in [6, 6.07) is 6.12. The summed E-state index contributed by atoms with van der Waals surface area (Å²) in [5.74, 6) is -2.54. The summed E-state index contributed by atoms with van der Waals surface area (Å²) >= 11 is 0. The molecule has 0 radical (unpaired) electrons. The van der Waals surface area contributed by atoms with Gasteiger partial charge in [0.05, 0.1) is 0 Å². The van der Waals surface area contributed by atoms with Crippen LogP contribution in [0.25, 0.3) is 0 Å². The van der Waals surface area contributed by atoms with Crippen LogP contribution in [-0.4, -0.2) is 54.3 Å². The molecular weight excluding hydrogens is 486 g/mol. The van der Waals surface area contributed by atoms with Crippen LogP contribution in [0.1, 0.15) is 38.7 Å². The third-order valence-electron chi connectivity index (χ3n) is 5.36. The van der Waals surface area contributed by atoms with E-state index in [1.165, 1.54) is 6.92 Å². The molecule has 206 valence electrons. The minimum absolute atomic E-state index is 0.0875. The van der Waals surface area contributed by atoms with Gasteiger partial charge in [0, 0.05) is 26.3 Å². The Kier molecular flexibility index (Phi) is 14.2. The molecule has 1 aromatic carbocycles. The Morgan fingerprint density at radius 2 is 1.61 bits per heavy atom. The molecule has 0 aliphatic rings. The molecule has 9 N–H and O–H groups in total. The molecule has 38 heavy (non-hydrogen) atoms. The van der Waals surface area contributed by atoms with Crippen LogP contribution in [0.3, 0.4) is 0 Å². The summed E-state index contributed by atoms with van der Waals surface area (Å²) in [5.41, 5.74) is 12.2. The lowest BCUT2D eigenvalue weighted by atomic mass is 10.0. The molecule has 3 unspecified atom stereocenters. The van der Waals surface area contributed by atoms with Crippen molar-refractivity contribution in [3.05, 3.63) is 72.4 Å². The molecule has 0 aromatic heterocycles. The second kappa shape index (κ2) is 17.1. The number of nitrogens with one attached hydrogen (secondary N) is 5. The first kappa shape index (κ1) is 31.6. The van der Waals surface area contributed by atoms with E-state index in [1.807, 2.05) is 43.3 Å². The molecule has 0 bridgehead atoms. The highest BCUT2D eigenvalue weighted by molar-refractivity contribution is 5.94. The number of guanidine groups is 1. The van der Waals surface area contributed by atoms with Gasteiger partial charge in [0.15, 0.2) is 5.96 Å². The van der Waals surface area contributed by atoms with Crippen molar-refractivity contribution >= 4 is 29.6 Å². The summed E-state index contributed by atoms with van der Waals surface area (Å²) in [6.07, 6.45) is 7.94. The molecule has 11 heteroatoms. The fraction of sp³-hybridized carbons (Fsp3) is 0.370. The highest BCUT2D eigenvalue weighted by atomic mass is 16.2. The highest BCUT2D eigenvalue weighted by Crippen LogP contribution is 2.08. The Labute approximate surface area is 223 Å². The SMILES string of the molecule is C=C(/C=C\C=C/C)CC(NC(=O)C(CCCNC(=N)N)NC(=O)C(Cc1ccccc1)NC(C)=O)C(N)=O. The monoisotopic (exact) mass is 525 g/mol. The Morgan fingerprint density at radius 3 is 2.18 bits per heavy atom. The Morgan fingerprint density at radius 1 is 0.974 bits per heavy atom. The molecular formula is C27H39N7O4. The lowest BCUT2D eigenvalue weighted by Crippen LogP contribution is -2.56. The van der Waals surface area contributed by atoms with Gasteiger partial charge in [-0.15, -0.1) is 0 Å². The van der Waals surface area contributed by atoms with Crippen LogP contribution in [0.15, 0.2) is 66.8 Å². The molecule has 11 nitrogen and oxygen atoms in total. The van der Waals surface area contributed by atoms with E-state index < -0.39 is 41.8 Å². The number of primary amides is 1. The standard InChI is InChI=1S/C27H39N7O4/c1-4-5-7-11-18(2)16-22(24(28)36)34-25(37)21(14-10-15-31-27(29)30)33-26(38)23(32-19(3)35)17-20-12-8-6-9-13-20/h4-9,11-13,21-23H,2,10,14-17H2,1,3H3,(H2,28,36)(H,32,35)(H,33,38)(H,34,37)(H4,29,30,31)/b5-4-,11-7-. The summed E-state index contributed by atoms with van der Waals surface area (Å²) in [4.78, 5) is 50.2. The fourth-order valence-corrected chi connectivity index (χ4v) is 3.50. The summed E-state index contributed by atoms with van der Waals surface area (Å²) in [6.45, 7) is 7.34. The van der Waals surface area contributed by atoms with E-state index in [0.29, 0.717) is 18.5 Å². The predicted molar refractivity (Wildman–Crippen MR) is 148 cm³/mol. The zero-order chi connectivity index (χ0) is 28.5.